The Morgan fingerprint density at radius 2 is 2.28 bits per heavy atom. The number of halogens is 1. The number of carbonyl (C=O) groups is 1. The minimum absolute atomic E-state index is 0.0521. The van der Waals surface area contributed by atoms with Gasteiger partial charge in [-0.15, -0.1) is 11.6 Å². The number of hydrogen-bond acceptors (Lipinski definition) is 3. The van der Waals surface area contributed by atoms with E-state index in [1.807, 2.05) is 13.0 Å². The van der Waals surface area contributed by atoms with Gasteiger partial charge in [0.25, 0.3) is 0 Å². The van der Waals surface area contributed by atoms with Crippen LogP contribution in [0.3, 0.4) is 0 Å². The van der Waals surface area contributed by atoms with E-state index >= 15 is 0 Å². The standard InChI is InChI=1S/C14H15ClO3/c1-8-10(15)3-5-14(2)11(8)13(16)18-12(14)9-4-6-17-7-9/h4,6-7,10,12H,3,5H2,1-2H3. The molecule has 0 radical (unpaired) electrons. The van der Waals surface area contributed by atoms with Crippen molar-refractivity contribution in [1.82, 2.24) is 0 Å². The van der Waals surface area contributed by atoms with E-state index in [0.717, 1.165) is 29.6 Å². The van der Waals surface area contributed by atoms with E-state index in [1.54, 1.807) is 12.5 Å². The summed E-state index contributed by atoms with van der Waals surface area (Å²) in [6.07, 6.45) is 4.73. The molecule has 3 unspecified atom stereocenters. The third-order valence-corrected chi connectivity index (χ3v) is 4.75. The summed E-state index contributed by atoms with van der Waals surface area (Å²) in [5.74, 6) is -0.230. The van der Waals surface area contributed by atoms with Crippen molar-refractivity contribution in [2.24, 2.45) is 5.41 Å². The summed E-state index contributed by atoms with van der Waals surface area (Å²) >= 11 is 6.25. The monoisotopic (exact) mass is 266 g/mol. The van der Waals surface area contributed by atoms with Crippen LogP contribution in [-0.4, -0.2) is 11.3 Å². The van der Waals surface area contributed by atoms with Crippen molar-refractivity contribution >= 4 is 17.6 Å². The lowest BCUT2D eigenvalue weighted by atomic mass is 9.68. The van der Waals surface area contributed by atoms with E-state index in [-0.39, 0.29) is 22.9 Å². The summed E-state index contributed by atoms with van der Waals surface area (Å²) in [5, 5.41) is -0.0521. The fourth-order valence-corrected chi connectivity index (χ4v) is 3.41. The van der Waals surface area contributed by atoms with Gasteiger partial charge in [0.2, 0.25) is 0 Å². The van der Waals surface area contributed by atoms with E-state index in [4.69, 9.17) is 20.8 Å². The number of esters is 1. The third kappa shape index (κ3) is 1.46. The molecule has 0 saturated carbocycles. The summed E-state index contributed by atoms with van der Waals surface area (Å²) in [4.78, 5) is 12.1. The second-order valence-electron chi connectivity index (χ2n) is 5.32. The fraction of sp³-hybridized carbons (Fsp3) is 0.500. The Morgan fingerprint density at radius 1 is 1.50 bits per heavy atom. The molecule has 1 aliphatic carbocycles. The van der Waals surface area contributed by atoms with Crippen LogP contribution in [0.4, 0.5) is 0 Å². The summed E-state index contributed by atoms with van der Waals surface area (Å²) in [7, 11) is 0. The second kappa shape index (κ2) is 3.89. The van der Waals surface area contributed by atoms with Crippen LogP contribution < -0.4 is 0 Å². The van der Waals surface area contributed by atoms with Gasteiger partial charge in [0.05, 0.1) is 17.9 Å². The molecular weight excluding hydrogens is 252 g/mol. The van der Waals surface area contributed by atoms with Crippen LogP contribution >= 0.6 is 11.6 Å². The molecule has 3 rings (SSSR count). The van der Waals surface area contributed by atoms with Crippen molar-refractivity contribution in [3.8, 4) is 0 Å². The molecule has 1 fully saturated rings. The van der Waals surface area contributed by atoms with Gasteiger partial charge in [-0.1, -0.05) is 6.92 Å². The number of rotatable bonds is 1. The Kier molecular flexibility index (Phi) is 2.56. The number of cyclic esters (lactones) is 1. The van der Waals surface area contributed by atoms with Gasteiger partial charge in [-0.3, -0.25) is 0 Å². The topological polar surface area (TPSA) is 39.4 Å². The van der Waals surface area contributed by atoms with Gasteiger partial charge in [0.15, 0.2) is 0 Å². The van der Waals surface area contributed by atoms with E-state index in [9.17, 15) is 4.79 Å². The summed E-state index contributed by atoms with van der Waals surface area (Å²) in [6.45, 7) is 4.01. The zero-order valence-corrected chi connectivity index (χ0v) is 11.2. The number of alkyl halides is 1. The zero-order chi connectivity index (χ0) is 12.9. The first kappa shape index (κ1) is 11.8. The quantitative estimate of drug-likeness (QED) is 0.576. The van der Waals surface area contributed by atoms with Gasteiger partial charge >= 0.3 is 5.97 Å². The molecule has 4 heteroatoms. The highest BCUT2D eigenvalue weighted by molar-refractivity contribution is 6.23. The van der Waals surface area contributed by atoms with E-state index in [0.29, 0.717) is 0 Å². The average molecular weight is 267 g/mol. The predicted octanol–water partition coefficient (Wildman–Crippen LogP) is 3.60. The SMILES string of the molecule is CC1=C2C(=O)OC(c3ccoc3)C2(C)CCC1Cl. The van der Waals surface area contributed by atoms with Crippen LogP contribution in [0.25, 0.3) is 0 Å². The molecule has 1 aromatic rings. The molecule has 0 amide bonds. The van der Waals surface area contributed by atoms with Gasteiger partial charge in [-0.05, 0) is 31.4 Å². The van der Waals surface area contributed by atoms with Crippen molar-refractivity contribution in [2.75, 3.05) is 0 Å². The molecule has 2 heterocycles. The van der Waals surface area contributed by atoms with Crippen molar-refractivity contribution in [3.05, 3.63) is 35.3 Å². The highest BCUT2D eigenvalue weighted by atomic mass is 35.5. The number of furan rings is 1. The van der Waals surface area contributed by atoms with Crippen LogP contribution in [0.5, 0.6) is 0 Å². The minimum Gasteiger partial charge on any atom is -0.472 e. The molecule has 96 valence electrons. The smallest absolute Gasteiger partial charge is 0.335 e. The van der Waals surface area contributed by atoms with E-state index in [2.05, 4.69) is 6.92 Å². The van der Waals surface area contributed by atoms with Gasteiger partial charge in [-0.2, -0.15) is 0 Å². The molecule has 3 nitrogen and oxygen atoms in total. The first-order valence-corrected chi connectivity index (χ1v) is 6.56. The molecule has 0 N–H and O–H groups in total. The first-order chi connectivity index (χ1) is 8.54. The number of ether oxygens (including phenoxy) is 1. The molecule has 1 aromatic heterocycles. The van der Waals surface area contributed by atoms with Gasteiger partial charge < -0.3 is 9.15 Å². The maximum absolute atomic E-state index is 12.1. The third-order valence-electron chi connectivity index (χ3n) is 4.21. The maximum atomic E-state index is 12.1. The van der Waals surface area contributed by atoms with Crippen LogP contribution in [0, 0.1) is 5.41 Å². The van der Waals surface area contributed by atoms with E-state index in [1.165, 1.54) is 0 Å². The Morgan fingerprint density at radius 3 is 2.94 bits per heavy atom. The average Bonchev–Trinajstić information content (AvgIpc) is 2.92. The first-order valence-electron chi connectivity index (χ1n) is 6.12. The predicted molar refractivity (Wildman–Crippen MR) is 67.2 cm³/mol. The van der Waals surface area contributed by atoms with Gasteiger partial charge in [0.1, 0.15) is 6.10 Å². The number of fused-ring (bicyclic) bond motifs is 1. The largest absolute Gasteiger partial charge is 0.472 e. The maximum Gasteiger partial charge on any atom is 0.335 e. The highest BCUT2D eigenvalue weighted by Gasteiger charge is 2.54. The molecule has 18 heavy (non-hydrogen) atoms. The number of allylic oxidation sites excluding steroid dienone is 1. The molecule has 0 bridgehead atoms. The van der Waals surface area contributed by atoms with Crippen LogP contribution in [0.2, 0.25) is 0 Å². The number of carbonyl (C=O) groups excluding carboxylic acids is 1. The van der Waals surface area contributed by atoms with Crippen molar-refractivity contribution in [1.29, 1.82) is 0 Å². The summed E-state index contributed by atoms with van der Waals surface area (Å²) in [5.41, 5.74) is 2.36. The Labute approximate surface area is 111 Å². The van der Waals surface area contributed by atoms with Crippen LogP contribution in [-0.2, 0) is 9.53 Å². The van der Waals surface area contributed by atoms with E-state index < -0.39 is 0 Å². The lowest BCUT2D eigenvalue weighted by Gasteiger charge is -2.35. The van der Waals surface area contributed by atoms with Crippen molar-refractivity contribution in [3.63, 3.8) is 0 Å². The normalized spacial score (nSPS) is 35.6. The lowest BCUT2D eigenvalue weighted by molar-refractivity contribution is -0.140. The van der Waals surface area contributed by atoms with Crippen molar-refractivity contribution in [2.45, 2.75) is 38.2 Å². The zero-order valence-electron chi connectivity index (χ0n) is 10.4. The molecule has 1 aliphatic heterocycles. The molecule has 3 atom stereocenters. The summed E-state index contributed by atoms with van der Waals surface area (Å²) in [6, 6.07) is 1.86. The van der Waals surface area contributed by atoms with Crippen LogP contribution in [0.1, 0.15) is 38.4 Å². The Hall–Kier alpha value is -1.22. The highest BCUT2D eigenvalue weighted by Crippen LogP contribution is 2.56. The van der Waals surface area contributed by atoms with Gasteiger partial charge in [-0.25, -0.2) is 4.79 Å². The minimum atomic E-state index is -0.281. The molecule has 0 spiro atoms. The second-order valence-corrected chi connectivity index (χ2v) is 5.85. The van der Waals surface area contributed by atoms with Gasteiger partial charge in [0, 0.05) is 16.6 Å². The fourth-order valence-electron chi connectivity index (χ4n) is 3.19. The number of hydrogen-bond donors (Lipinski definition) is 0. The molecule has 0 aromatic carbocycles. The Balaban J connectivity index is 2.11. The molecular formula is C14H15ClO3. The lowest BCUT2D eigenvalue weighted by Crippen LogP contribution is -2.30. The molecule has 2 aliphatic rings. The Bertz CT molecular complexity index is 517. The van der Waals surface area contributed by atoms with Crippen molar-refractivity contribution < 1.29 is 13.9 Å². The summed E-state index contributed by atoms with van der Waals surface area (Å²) < 4.78 is 10.7. The molecule has 1 saturated heterocycles. The van der Waals surface area contributed by atoms with Crippen LogP contribution in [0.15, 0.2) is 34.2 Å².